The van der Waals surface area contributed by atoms with Crippen molar-refractivity contribution in [2.75, 3.05) is 36.0 Å². The summed E-state index contributed by atoms with van der Waals surface area (Å²) in [6.45, 7) is 7.69. The van der Waals surface area contributed by atoms with Gasteiger partial charge in [0.25, 0.3) is 5.78 Å². The number of aromatic nitrogens is 8. The van der Waals surface area contributed by atoms with Crippen molar-refractivity contribution in [3.8, 4) is 0 Å². The van der Waals surface area contributed by atoms with E-state index in [9.17, 15) is 0 Å². The Balaban J connectivity index is 1.48. The second-order valence-electron chi connectivity index (χ2n) is 6.74. The van der Waals surface area contributed by atoms with Crippen LogP contribution in [-0.4, -0.2) is 65.7 Å². The van der Waals surface area contributed by atoms with Gasteiger partial charge in [0.2, 0.25) is 0 Å². The topological polar surface area (TPSA) is 104 Å². The van der Waals surface area contributed by atoms with E-state index in [-0.39, 0.29) is 0 Å². The molecule has 0 atom stereocenters. The number of H-pyrrole nitrogens is 1. The molecule has 1 N–H and O–H groups in total. The van der Waals surface area contributed by atoms with Gasteiger partial charge in [0, 0.05) is 37.4 Å². The number of hydrogen-bond acceptors (Lipinski definition) is 8. The molecule has 1 saturated heterocycles. The Hall–Kier alpha value is -3.30. The maximum absolute atomic E-state index is 4.53. The molecule has 0 aromatic carbocycles. The van der Waals surface area contributed by atoms with E-state index in [2.05, 4.69) is 51.7 Å². The zero-order chi connectivity index (χ0) is 18.4. The predicted molar refractivity (Wildman–Crippen MR) is 101 cm³/mol. The number of rotatable bonds is 2. The van der Waals surface area contributed by atoms with E-state index < -0.39 is 0 Å². The highest BCUT2D eigenvalue weighted by atomic mass is 15.4. The zero-order valence-corrected chi connectivity index (χ0v) is 15.3. The summed E-state index contributed by atoms with van der Waals surface area (Å²) in [5, 5.41) is 4.39. The first-order chi connectivity index (χ1) is 13.2. The maximum atomic E-state index is 4.53. The van der Waals surface area contributed by atoms with Crippen LogP contribution < -0.4 is 9.80 Å². The van der Waals surface area contributed by atoms with Gasteiger partial charge >= 0.3 is 0 Å². The third kappa shape index (κ3) is 2.56. The normalized spacial score (nSPS) is 15.6. The van der Waals surface area contributed by atoms with Crippen molar-refractivity contribution in [2.45, 2.75) is 20.3 Å². The van der Waals surface area contributed by atoms with E-state index in [4.69, 9.17) is 0 Å². The smallest absolute Gasteiger partial charge is 0.254 e. The standard InChI is InChI=1S/C17H20N10/c1-11-12(2)24-17-22-10-23-27(17)16(11)26-5-3-4-25(6-7-26)15-13-14(19-8-18-13)20-9-21-15/h8-10H,3-7H2,1-2H3,(H,18,19,20,21). The first kappa shape index (κ1) is 15.9. The molecule has 0 radical (unpaired) electrons. The van der Waals surface area contributed by atoms with E-state index in [0.29, 0.717) is 11.4 Å². The summed E-state index contributed by atoms with van der Waals surface area (Å²) in [4.78, 5) is 29.6. The minimum Gasteiger partial charge on any atom is -0.354 e. The van der Waals surface area contributed by atoms with Crippen molar-refractivity contribution >= 4 is 28.6 Å². The second kappa shape index (κ2) is 6.15. The lowest BCUT2D eigenvalue weighted by molar-refractivity contribution is 0.761. The van der Waals surface area contributed by atoms with E-state index in [1.807, 2.05) is 11.4 Å². The lowest BCUT2D eigenvalue weighted by Gasteiger charge is -2.26. The van der Waals surface area contributed by atoms with Crippen LogP contribution in [0.25, 0.3) is 16.9 Å². The van der Waals surface area contributed by atoms with Crippen LogP contribution in [-0.2, 0) is 0 Å². The maximum Gasteiger partial charge on any atom is 0.254 e. The third-order valence-electron chi connectivity index (χ3n) is 5.17. The van der Waals surface area contributed by atoms with Crippen molar-refractivity contribution in [1.82, 2.24) is 39.5 Å². The molecule has 0 aliphatic carbocycles. The van der Waals surface area contributed by atoms with Gasteiger partial charge in [0.05, 0.1) is 6.33 Å². The van der Waals surface area contributed by atoms with Gasteiger partial charge in [-0.05, 0) is 20.3 Å². The number of nitrogens with zero attached hydrogens (tertiary/aromatic N) is 9. The molecule has 4 aromatic heterocycles. The number of fused-ring (bicyclic) bond motifs is 2. The number of hydrogen-bond donors (Lipinski definition) is 1. The van der Waals surface area contributed by atoms with Crippen LogP contribution in [0.15, 0.2) is 19.0 Å². The zero-order valence-electron chi connectivity index (χ0n) is 15.3. The van der Waals surface area contributed by atoms with Crippen molar-refractivity contribution in [1.29, 1.82) is 0 Å². The first-order valence-electron chi connectivity index (χ1n) is 9.03. The molecule has 5 heterocycles. The summed E-state index contributed by atoms with van der Waals surface area (Å²) >= 11 is 0. The van der Waals surface area contributed by atoms with E-state index in [0.717, 1.165) is 61.0 Å². The number of anilines is 2. The quantitative estimate of drug-likeness (QED) is 0.564. The van der Waals surface area contributed by atoms with Crippen LogP contribution in [0, 0.1) is 13.8 Å². The van der Waals surface area contributed by atoms with Crippen LogP contribution in [0.2, 0.25) is 0 Å². The van der Waals surface area contributed by atoms with E-state index >= 15 is 0 Å². The average Bonchev–Trinajstić information content (AvgIpc) is 3.27. The van der Waals surface area contributed by atoms with Crippen molar-refractivity contribution < 1.29 is 0 Å². The summed E-state index contributed by atoms with van der Waals surface area (Å²) in [6, 6.07) is 0. The summed E-state index contributed by atoms with van der Waals surface area (Å²) in [7, 11) is 0. The summed E-state index contributed by atoms with van der Waals surface area (Å²) in [6.07, 6.45) is 5.81. The van der Waals surface area contributed by atoms with Crippen molar-refractivity contribution in [2.24, 2.45) is 0 Å². The Bertz CT molecular complexity index is 1110. The van der Waals surface area contributed by atoms with Gasteiger partial charge in [-0.1, -0.05) is 0 Å². The monoisotopic (exact) mass is 364 g/mol. The SMILES string of the molecule is Cc1nc2ncnn2c(N2CCCN(c3ncnc4nc[nH]c34)CC2)c1C. The molecule has 27 heavy (non-hydrogen) atoms. The van der Waals surface area contributed by atoms with Crippen LogP contribution in [0.4, 0.5) is 11.6 Å². The van der Waals surface area contributed by atoms with Crippen molar-refractivity contribution in [3.05, 3.63) is 30.2 Å². The van der Waals surface area contributed by atoms with Gasteiger partial charge in [0.15, 0.2) is 11.5 Å². The molecule has 5 rings (SSSR count). The summed E-state index contributed by atoms with van der Waals surface area (Å²) in [5.41, 5.74) is 3.72. The Morgan fingerprint density at radius 2 is 1.78 bits per heavy atom. The van der Waals surface area contributed by atoms with Gasteiger partial charge < -0.3 is 14.8 Å². The number of aryl methyl sites for hydroxylation is 1. The average molecular weight is 364 g/mol. The molecule has 1 aliphatic rings. The van der Waals surface area contributed by atoms with Crippen molar-refractivity contribution in [3.63, 3.8) is 0 Å². The Morgan fingerprint density at radius 1 is 0.926 bits per heavy atom. The van der Waals surface area contributed by atoms with Gasteiger partial charge in [-0.25, -0.2) is 19.9 Å². The fraction of sp³-hybridized carbons (Fsp3) is 0.412. The molecule has 0 unspecified atom stereocenters. The molecule has 0 saturated carbocycles. The lowest BCUT2D eigenvalue weighted by atomic mass is 10.2. The largest absolute Gasteiger partial charge is 0.354 e. The Labute approximate surface area is 155 Å². The fourth-order valence-corrected chi connectivity index (χ4v) is 3.72. The first-order valence-corrected chi connectivity index (χ1v) is 9.03. The molecule has 1 aliphatic heterocycles. The summed E-state index contributed by atoms with van der Waals surface area (Å²) in [5.74, 6) is 2.63. The Morgan fingerprint density at radius 3 is 2.70 bits per heavy atom. The molecule has 10 nitrogen and oxygen atoms in total. The molecule has 0 amide bonds. The third-order valence-corrected chi connectivity index (χ3v) is 5.17. The lowest BCUT2D eigenvalue weighted by Crippen LogP contribution is -2.33. The van der Waals surface area contributed by atoms with Crippen LogP contribution in [0.1, 0.15) is 17.7 Å². The van der Waals surface area contributed by atoms with Crippen LogP contribution in [0.5, 0.6) is 0 Å². The minimum absolute atomic E-state index is 0.643. The predicted octanol–water partition coefficient (Wildman–Crippen LogP) is 1.12. The molecule has 10 heteroatoms. The van der Waals surface area contributed by atoms with Gasteiger partial charge in [-0.2, -0.15) is 14.6 Å². The van der Waals surface area contributed by atoms with Crippen LogP contribution >= 0.6 is 0 Å². The molecule has 0 spiro atoms. The van der Waals surface area contributed by atoms with E-state index in [1.165, 1.54) is 0 Å². The van der Waals surface area contributed by atoms with Crippen LogP contribution in [0.3, 0.4) is 0 Å². The Kier molecular flexibility index (Phi) is 3.62. The van der Waals surface area contributed by atoms with Gasteiger partial charge in [0.1, 0.15) is 24.0 Å². The highest BCUT2D eigenvalue weighted by Gasteiger charge is 2.23. The number of aromatic amines is 1. The number of imidazole rings is 1. The molecule has 138 valence electrons. The van der Waals surface area contributed by atoms with Gasteiger partial charge in [-0.15, -0.1) is 0 Å². The minimum atomic E-state index is 0.643. The van der Waals surface area contributed by atoms with Gasteiger partial charge in [-0.3, -0.25) is 0 Å². The molecule has 4 aromatic rings. The second-order valence-corrected chi connectivity index (χ2v) is 6.74. The number of nitrogens with one attached hydrogen (secondary N) is 1. The highest BCUT2D eigenvalue weighted by molar-refractivity contribution is 5.82. The molecular weight excluding hydrogens is 344 g/mol. The molecule has 1 fully saturated rings. The van der Waals surface area contributed by atoms with E-state index in [1.54, 1.807) is 19.0 Å². The molecule has 0 bridgehead atoms. The molecular formula is C17H20N10. The fourth-order valence-electron chi connectivity index (χ4n) is 3.72. The highest BCUT2D eigenvalue weighted by Crippen LogP contribution is 2.26. The summed E-state index contributed by atoms with van der Waals surface area (Å²) < 4.78 is 1.84.